The third kappa shape index (κ3) is 6.29. The predicted molar refractivity (Wildman–Crippen MR) is 136 cm³/mol. The molecule has 3 aromatic rings. The second kappa shape index (κ2) is 11.7. The van der Waals surface area contributed by atoms with Crippen LogP contribution in [0, 0.1) is 11.6 Å². The Kier molecular flexibility index (Phi) is 8.68. The Hall–Kier alpha value is -3.61. The SMILES string of the molecule is Cl.NC(Cc1ccccc1)C(=O)N1CC(=Cc2ccccc2F)C(=O)C(=Cc2ccccc2F)C1. The number of carbonyl (C=O) groups is 2. The minimum absolute atomic E-state index is 0. The zero-order valence-electron chi connectivity index (χ0n) is 18.9. The number of halogens is 3. The van der Waals surface area contributed by atoms with Crippen LogP contribution in [0.4, 0.5) is 8.78 Å². The van der Waals surface area contributed by atoms with Crippen LogP contribution in [0.3, 0.4) is 0 Å². The molecule has 1 heterocycles. The van der Waals surface area contributed by atoms with E-state index in [2.05, 4.69) is 0 Å². The molecule has 180 valence electrons. The predicted octanol–water partition coefficient (Wildman–Crippen LogP) is 4.83. The number of piperidine rings is 1. The number of benzene rings is 3. The van der Waals surface area contributed by atoms with Crippen LogP contribution in [-0.4, -0.2) is 35.7 Å². The lowest BCUT2D eigenvalue weighted by molar-refractivity contribution is -0.132. The molecule has 4 rings (SSSR count). The molecule has 0 aromatic heterocycles. The molecule has 7 heteroatoms. The van der Waals surface area contributed by atoms with Crippen molar-refractivity contribution in [1.29, 1.82) is 0 Å². The molecule has 1 aliphatic heterocycles. The second-order valence-corrected chi connectivity index (χ2v) is 8.20. The number of rotatable bonds is 5. The Balaban J connectivity index is 0.00000342. The van der Waals surface area contributed by atoms with Crippen molar-refractivity contribution in [2.24, 2.45) is 5.73 Å². The summed E-state index contributed by atoms with van der Waals surface area (Å²) in [5.41, 5.74) is 8.08. The molecule has 0 radical (unpaired) electrons. The zero-order valence-corrected chi connectivity index (χ0v) is 19.7. The van der Waals surface area contributed by atoms with Gasteiger partial charge in [-0.2, -0.15) is 0 Å². The highest BCUT2D eigenvalue weighted by Gasteiger charge is 2.31. The Morgan fingerprint density at radius 3 is 1.77 bits per heavy atom. The van der Waals surface area contributed by atoms with E-state index >= 15 is 0 Å². The highest BCUT2D eigenvalue weighted by Crippen LogP contribution is 2.24. The third-order valence-corrected chi connectivity index (χ3v) is 5.70. The fourth-order valence-electron chi connectivity index (χ4n) is 3.94. The molecule has 0 saturated carbocycles. The first-order valence-electron chi connectivity index (χ1n) is 11.0. The molecule has 3 aromatic carbocycles. The summed E-state index contributed by atoms with van der Waals surface area (Å²) in [5.74, 6) is -1.65. The van der Waals surface area contributed by atoms with Gasteiger partial charge in [0.2, 0.25) is 5.91 Å². The highest BCUT2D eigenvalue weighted by atomic mass is 35.5. The van der Waals surface area contributed by atoms with Crippen molar-refractivity contribution in [3.8, 4) is 0 Å². The summed E-state index contributed by atoms with van der Waals surface area (Å²) in [4.78, 5) is 27.9. The van der Waals surface area contributed by atoms with Gasteiger partial charge < -0.3 is 10.6 Å². The maximum atomic E-state index is 14.3. The third-order valence-electron chi connectivity index (χ3n) is 5.70. The van der Waals surface area contributed by atoms with E-state index in [4.69, 9.17) is 5.73 Å². The van der Waals surface area contributed by atoms with Gasteiger partial charge in [-0.25, -0.2) is 8.78 Å². The van der Waals surface area contributed by atoms with Gasteiger partial charge in [-0.1, -0.05) is 66.7 Å². The Labute approximate surface area is 209 Å². The summed E-state index contributed by atoms with van der Waals surface area (Å²) in [6.45, 7) is -0.0216. The van der Waals surface area contributed by atoms with Crippen molar-refractivity contribution < 1.29 is 18.4 Å². The van der Waals surface area contributed by atoms with E-state index in [1.54, 1.807) is 36.4 Å². The standard InChI is InChI=1S/C28H24F2N2O2.ClH/c29-24-12-6-4-10-20(24)15-22-17-32(28(34)26(31)14-19-8-2-1-3-9-19)18-23(27(22)33)16-21-11-5-7-13-25(21)30;/h1-13,15-16,26H,14,17-18,31H2;1H. The molecular formula is C28H25ClF2N2O2. The molecule has 35 heavy (non-hydrogen) atoms. The van der Waals surface area contributed by atoms with Crippen LogP contribution in [0.5, 0.6) is 0 Å². The minimum Gasteiger partial charge on any atom is -0.332 e. The van der Waals surface area contributed by atoms with E-state index in [-0.39, 0.29) is 59.5 Å². The Morgan fingerprint density at radius 2 is 1.29 bits per heavy atom. The lowest BCUT2D eigenvalue weighted by atomic mass is 9.93. The van der Waals surface area contributed by atoms with Crippen molar-refractivity contribution in [2.75, 3.05) is 13.1 Å². The number of Topliss-reactive ketones (excluding diaryl/α,β-unsaturated/α-hetero) is 1. The number of likely N-dealkylation sites (tertiary alicyclic amines) is 1. The quantitative estimate of drug-likeness (QED) is 0.516. The number of hydrogen-bond donors (Lipinski definition) is 1. The summed E-state index contributed by atoms with van der Waals surface area (Å²) >= 11 is 0. The average molecular weight is 495 g/mol. The van der Waals surface area contributed by atoms with E-state index in [9.17, 15) is 18.4 Å². The number of nitrogens with zero attached hydrogens (tertiary/aromatic N) is 1. The summed E-state index contributed by atoms with van der Waals surface area (Å²) < 4.78 is 28.5. The van der Waals surface area contributed by atoms with Crippen molar-refractivity contribution in [3.63, 3.8) is 0 Å². The lowest BCUT2D eigenvalue weighted by Gasteiger charge is -2.32. The average Bonchev–Trinajstić information content (AvgIpc) is 2.84. The van der Waals surface area contributed by atoms with Crippen LogP contribution < -0.4 is 5.73 Å². The molecule has 1 fully saturated rings. The van der Waals surface area contributed by atoms with E-state index in [1.807, 2.05) is 30.3 Å². The molecule has 1 atom stereocenters. The van der Waals surface area contributed by atoms with Gasteiger partial charge in [-0.05, 0) is 36.3 Å². The smallest absolute Gasteiger partial charge is 0.240 e. The van der Waals surface area contributed by atoms with Crippen LogP contribution in [0.25, 0.3) is 12.2 Å². The van der Waals surface area contributed by atoms with Gasteiger partial charge in [-0.3, -0.25) is 9.59 Å². The minimum atomic E-state index is -0.819. The van der Waals surface area contributed by atoms with E-state index < -0.39 is 17.7 Å². The second-order valence-electron chi connectivity index (χ2n) is 8.20. The monoisotopic (exact) mass is 494 g/mol. The summed E-state index contributed by atoms with van der Waals surface area (Å²) in [7, 11) is 0. The van der Waals surface area contributed by atoms with E-state index in [0.29, 0.717) is 6.42 Å². The first-order valence-corrected chi connectivity index (χ1v) is 11.0. The first-order chi connectivity index (χ1) is 16.4. The van der Waals surface area contributed by atoms with Gasteiger partial charge in [0.15, 0.2) is 5.78 Å². The van der Waals surface area contributed by atoms with Crippen molar-refractivity contribution in [3.05, 3.63) is 118 Å². The topological polar surface area (TPSA) is 63.4 Å². The molecule has 1 saturated heterocycles. The molecular weight excluding hydrogens is 470 g/mol. The molecule has 4 nitrogen and oxygen atoms in total. The van der Waals surface area contributed by atoms with Gasteiger partial charge in [-0.15, -0.1) is 12.4 Å². The molecule has 0 spiro atoms. The number of nitrogens with two attached hydrogens (primary N) is 1. The molecule has 1 unspecified atom stereocenters. The summed E-state index contributed by atoms with van der Waals surface area (Å²) in [6.07, 6.45) is 3.22. The highest BCUT2D eigenvalue weighted by molar-refractivity contribution is 6.15. The van der Waals surface area contributed by atoms with Crippen LogP contribution >= 0.6 is 12.4 Å². The largest absolute Gasteiger partial charge is 0.332 e. The fraction of sp³-hybridized carbons (Fsp3) is 0.143. The maximum absolute atomic E-state index is 14.3. The van der Waals surface area contributed by atoms with Crippen LogP contribution in [-0.2, 0) is 16.0 Å². The van der Waals surface area contributed by atoms with Crippen LogP contribution in [0.1, 0.15) is 16.7 Å². The normalized spacial score (nSPS) is 16.8. The fourth-order valence-corrected chi connectivity index (χ4v) is 3.94. The van der Waals surface area contributed by atoms with Gasteiger partial charge in [0.05, 0.1) is 6.04 Å². The lowest BCUT2D eigenvalue weighted by Crippen LogP contribution is -2.49. The van der Waals surface area contributed by atoms with Gasteiger partial charge in [0.1, 0.15) is 11.6 Å². The van der Waals surface area contributed by atoms with Crippen LogP contribution in [0.15, 0.2) is 90.0 Å². The number of hydrogen-bond acceptors (Lipinski definition) is 3. The van der Waals surface area contributed by atoms with E-state index in [1.165, 1.54) is 29.2 Å². The number of amides is 1. The first kappa shape index (κ1) is 26.0. The molecule has 0 aliphatic carbocycles. The van der Waals surface area contributed by atoms with Crippen molar-refractivity contribution >= 4 is 36.2 Å². The van der Waals surface area contributed by atoms with Gasteiger partial charge >= 0.3 is 0 Å². The van der Waals surface area contributed by atoms with Gasteiger partial charge in [0, 0.05) is 35.4 Å². The van der Waals surface area contributed by atoms with Gasteiger partial charge in [0.25, 0.3) is 0 Å². The molecule has 0 bridgehead atoms. The Morgan fingerprint density at radius 1 is 0.829 bits per heavy atom. The number of carbonyl (C=O) groups excluding carboxylic acids is 2. The molecule has 1 amide bonds. The maximum Gasteiger partial charge on any atom is 0.240 e. The van der Waals surface area contributed by atoms with E-state index in [0.717, 1.165) is 5.56 Å². The van der Waals surface area contributed by atoms with Crippen molar-refractivity contribution in [1.82, 2.24) is 4.90 Å². The molecule has 1 aliphatic rings. The number of ketones is 1. The summed E-state index contributed by atoms with van der Waals surface area (Å²) in [6, 6.07) is 20.7. The molecule has 2 N–H and O–H groups in total. The Bertz CT molecular complexity index is 1210. The summed E-state index contributed by atoms with van der Waals surface area (Å²) in [5, 5.41) is 0. The van der Waals surface area contributed by atoms with Crippen LogP contribution in [0.2, 0.25) is 0 Å². The zero-order chi connectivity index (χ0) is 24.1. The van der Waals surface area contributed by atoms with Crippen molar-refractivity contribution in [2.45, 2.75) is 12.5 Å².